The van der Waals surface area contributed by atoms with Gasteiger partial charge in [-0.15, -0.1) is 10.2 Å². The van der Waals surface area contributed by atoms with Gasteiger partial charge in [0, 0.05) is 18.8 Å². The van der Waals surface area contributed by atoms with Crippen molar-refractivity contribution in [3.05, 3.63) is 29.3 Å². The Kier molecular flexibility index (Phi) is 5.22. The molecule has 0 bridgehead atoms. The van der Waals surface area contributed by atoms with Crippen LogP contribution in [0.3, 0.4) is 0 Å². The number of piperidine rings is 1. The van der Waals surface area contributed by atoms with Gasteiger partial charge in [-0.25, -0.2) is 4.79 Å². The predicted octanol–water partition coefficient (Wildman–Crippen LogP) is 4.28. The zero-order chi connectivity index (χ0) is 18.0. The molecule has 0 radical (unpaired) electrons. The Balaban J connectivity index is 1.63. The van der Waals surface area contributed by atoms with Crippen LogP contribution < -0.4 is 15.5 Å². The van der Waals surface area contributed by atoms with Gasteiger partial charge in [0.1, 0.15) is 0 Å². The average molecular weight is 359 g/mol. The number of benzene rings is 1. The zero-order valence-electron chi connectivity index (χ0n) is 15.2. The third-order valence-corrected chi connectivity index (χ3v) is 5.53. The van der Waals surface area contributed by atoms with Crippen LogP contribution in [0.25, 0.3) is 0 Å². The fraction of sp³-hybridized carbons (Fsp3) is 0.500. The largest absolute Gasteiger partial charge is 0.346 e. The molecule has 1 aromatic carbocycles. The second-order valence-electron chi connectivity index (χ2n) is 7.07. The normalized spacial score (nSPS) is 20.4. The first-order valence-electron chi connectivity index (χ1n) is 8.65. The van der Waals surface area contributed by atoms with E-state index in [1.165, 1.54) is 17.8 Å². The first-order valence-corrected chi connectivity index (χ1v) is 9.46. The van der Waals surface area contributed by atoms with Crippen molar-refractivity contribution in [1.29, 1.82) is 0 Å². The van der Waals surface area contributed by atoms with Crippen molar-refractivity contribution in [3.8, 4) is 0 Å². The van der Waals surface area contributed by atoms with Gasteiger partial charge in [-0.3, -0.25) is 5.32 Å². The molecule has 1 aromatic heterocycles. The average Bonchev–Trinajstić information content (AvgIpc) is 2.99. The quantitative estimate of drug-likeness (QED) is 0.858. The Hall–Kier alpha value is -2.15. The minimum absolute atomic E-state index is 0.295. The molecule has 3 rings (SSSR count). The van der Waals surface area contributed by atoms with Gasteiger partial charge in [-0.05, 0) is 49.3 Å². The van der Waals surface area contributed by atoms with Crippen molar-refractivity contribution in [2.24, 2.45) is 11.8 Å². The molecule has 2 N–H and O–H groups in total. The van der Waals surface area contributed by atoms with Gasteiger partial charge in [-0.1, -0.05) is 37.3 Å². The minimum atomic E-state index is -0.295. The lowest BCUT2D eigenvalue weighted by Crippen LogP contribution is -2.38. The van der Waals surface area contributed by atoms with Gasteiger partial charge in [-0.2, -0.15) is 0 Å². The summed E-state index contributed by atoms with van der Waals surface area (Å²) in [5, 5.41) is 15.4. The number of amides is 2. The van der Waals surface area contributed by atoms with Crippen molar-refractivity contribution >= 4 is 33.3 Å². The first kappa shape index (κ1) is 17.7. The highest BCUT2D eigenvalue weighted by molar-refractivity contribution is 7.19. The van der Waals surface area contributed by atoms with Gasteiger partial charge in [0.2, 0.25) is 10.3 Å². The molecule has 1 saturated heterocycles. The van der Waals surface area contributed by atoms with Crippen LogP contribution in [0, 0.1) is 25.7 Å². The van der Waals surface area contributed by atoms with Crippen LogP contribution in [0.5, 0.6) is 0 Å². The van der Waals surface area contributed by atoms with Crippen molar-refractivity contribution in [2.75, 3.05) is 28.6 Å². The molecule has 1 aliphatic heterocycles. The maximum atomic E-state index is 12.2. The van der Waals surface area contributed by atoms with Crippen molar-refractivity contribution in [1.82, 2.24) is 10.2 Å². The van der Waals surface area contributed by atoms with Crippen LogP contribution in [0.15, 0.2) is 18.2 Å². The molecular weight excluding hydrogens is 334 g/mol. The van der Waals surface area contributed by atoms with Gasteiger partial charge in [0.25, 0.3) is 0 Å². The molecule has 2 amide bonds. The van der Waals surface area contributed by atoms with E-state index >= 15 is 0 Å². The van der Waals surface area contributed by atoms with E-state index in [2.05, 4.69) is 39.6 Å². The molecule has 1 fully saturated rings. The highest BCUT2D eigenvalue weighted by Crippen LogP contribution is 2.30. The molecule has 0 saturated carbocycles. The van der Waals surface area contributed by atoms with E-state index in [1.807, 2.05) is 32.0 Å². The zero-order valence-corrected chi connectivity index (χ0v) is 16.0. The maximum Gasteiger partial charge on any atom is 0.325 e. The van der Waals surface area contributed by atoms with Gasteiger partial charge >= 0.3 is 6.03 Å². The van der Waals surface area contributed by atoms with E-state index in [-0.39, 0.29) is 6.03 Å². The summed E-state index contributed by atoms with van der Waals surface area (Å²) in [6, 6.07) is 5.55. The number of anilines is 3. The molecular formula is C18H25N5OS. The van der Waals surface area contributed by atoms with Crippen molar-refractivity contribution in [3.63, 3.8) is 0 Å². The second-order valence-corrected chi connectivity index (χ2v) is 8.02. The minimum Gasteiger partial charge on any atom is -0.346 e. The van der Waals surface area contributed by atoms with Crippen LogP contribution >= 0.6 is 11.3 Å². The summed E-state index contributed by atoms with van der Waals surface area (Å²) >= 11 is 1.42. The molecule has 2 atom stereocenters. The van der Waals surface area contributed by atoms with E-state index in [9.17, 15) is 4.79 Å². The van der Waals surface area contributed by atoms with Gasteiger partial charge in [0.05, 0.1) is 0 Å². The predicted molar refractivity (Wildman–Crippen MR) is 104 cm³/mol. The number of hydrogen-bond donors (Lipinski definition) is 2. The lowest BCUT2D eigenvalue weighted by Gasteiger charge is -2.34. The molecule has 7 heteroatoms. The number of carbonyl (C=O) groups excluding carboxylic acids is 1. The van der Waals surface area contributed by atoms with E-state index < -0.39 is 0 Å². The summed E-state index contributed by atoms with van der Waals surface area (Å²) in [5.74, 6) is 1.30. The van der Waals surface area contributed by atoms with Gasteiger partial charge < -0.3 is 10.2 Å². The molecule has 0 aliphatic carbocycles. The molecule has 6 nitrogen and oxygen atoms in total. The fourth-order valence-electron chi connectivity index (χ4n) is 3.35. The highest BCUT2D eigenvalue weighted by atomic mass is 32.1. The van der Waals surface area contributed by atoms with Crippen LogP contribution in [-0.4, -0.2) is 29.3 Å². The van der Waals surface area contributed by atoms with Crippen molar-refractivity contribution in [2.45, 2.75) is 34.1 Å². The summed E-state index contributed by atoms with van der Waals surface area (Å²) in [6.07, 6.45) is 1.25. The second kappa shape index (κ2) is 7.39. The number of aryl methyl sites for hydroxylation is 1. The van der Waals surface area contributed by atoms with Crippen LogP contribution in [0.4, 0.5) is 20.7 Å². The summed E-state index contributed by atoms with van der Waals surface area (Å²) in [6.45, 7) is 10.5. The topological polar surface area (TPSA) is 70.1 Å². The molecule has 25 heavy (non-hydrogen) atoms. The lowest BCUT2D eigenvalue weighted by molar-refractivity contribution is 0.262. The van der Waals surface area contributed by atoms with Crippen molar-refractivity contribution < 1.29 is 4.79 Å². The lowest BCUT2D eigenvalue weighted by atomic mass is 9.92. The summed E-state index contributed by atoms with van der Waals surface area (Å²) in [7, 11) is 0. The molecule has 0 unspecified atom stereocenters. The Labute approximate surface area is 152 Å². The number of urea groups is 1. The van der Waals surface area contributed by atoms with Crippen LogP contribution in [-0.2, 0) is 0 Å². The van der Waals surface area contributed by atoms with E-state index in [1.54, 1.807) is 0 Å². The summed E-state index contributed by atoms with van der Waals surface area (Å²) in [4.78, 5) is 14.5. The fourth-order valence-corrected chi connectivity index (χ4v) is 4.11. The number of nitrogens with one attached hydrogen (secondary N) is 2. The van der Waals surface area contributed by atoms with Crippen LogP contribution in [0.2, 0.25) is 0 Å². The first-order chi connectivity index (χ1) is 11.9. The number of rotatable bonds is 3. The SMILES string of the molecule is Cc1cccc(NC(=O)Nc2nnc(N3C[C@H](C)C[C@@H](C)C3)s2)c1C. The van der Waals surface area contributed by atoms with E-state index in [4.69, 9.17) is 0 Å². The van der Waals surface area contributed by atoms with Gasteiger partial charge in [0.15, 0.2) is 0 Å². The third kappa shape index (κ3) is 4.28. The summed E-state index contributed by atoms with van der Waals surface area (Å²) in [5.41, 5.74) is 3.01. The number of carbonyl (C=O) groups is 1. The molecule has 134 valence electrons. The Morgan fingerprint density at radius 1 is 1.16 bits per heavy atom. The summed E-state index contributed by atoms with van der Waals surface area (Å²) < 4.78 is 0. The van der Waals surface area contributed by atoms with Crippen LogP contribution in [0.1, 0.15) is 31.4 Å². The number of nitrogens with zero attached hydrogens (tertiary/aromatic N) is 3. The van der Waals surface area contributed by atoms with E-state index in [0.29, 0.717) is 17.0 Å². The third-order valence-electron chi connectivity index (χ3n) is 4.63. The Morgan fingerprint density at radius 2 is 1.88 bits per heavy atom. The monoisotopic (exact) mass is 359 g/mol. The smallest absolute Gasteiger partial charge is 0.325 e. The molecule has 1 aliphatic rings. The number of aromatic nitrogens is 2. The Morgan fingerprint density at radius 3 is 2.60 bits per heavy atom. The molecule has 0 spiro atoms. The highest BCUT2D eigenvalue weighted by Gasteiger charge is 2.24. The Bertz CT molecular complexity index is 750. The molecule has 2 aromatic rings. The molecule has 2 heterocycles. The maximum absolute atomic E-state index is 12.2. The van der Waals surface area contributed by atoms with E-state index in [0.717, 1.165) is 35.0 Å². The number of hydrogen-bond acceptors (Lipinski definition) is 5. The standard InChI is InChI=1S/C18H25N5OS/c1-11-8-12(2)10-23(9-11)18-22-21-17(25-18)20-16(24)19-15-7-5-6-13(3)14(15)4/h5-7,11-12H,8-10H2,1-4H3,(H2,19,20,21,24)/t11-,12-/m1/s1.